The van der Waals surface area contributed by atoms with Crippen LogP contribution < -0.4 is 14.8 Å². The van der Waals surface area contributed by atoms with Crippen molar-refractivity contribution in [2.75, 3.05) is 33.3 Å². The minimum Gasteiger partial charge on any atom is -0.497 e. The number of aliphatic hydroxyl groups is 1. The highest BCUT2D eigenvalue weighted by Crippen LogP contribution is 2.18. The van der Waals surface area contributed by atoms with E-state index in [2.05, 4.69) is 10.2 Å². The Labute approximate surface area is 114 Å². The zero-order chi connectivity index (χ0) is 13.7. The Kier molecular flexibility index (Phi) is 5.01. The molecule has 2 N–H and O–H groups in total. The van der Waals surface area contributed by atoms with Crippen molar-refractivity contribution in [3.63, 3.8) is 0 Å². The van der Waals surface area contributed by atoms with Gasteiger partial charge in [0.15, 0.2) is 6.23 Å². The van der Waals surface area contributed by atoms with Crippen molar-refractivity contribution < 1.29 is 14.6 Å². The van der Waals surface area contributed by atoms with Crippen LogP contribution in [0.2, 0.25) is 0 Å². The van der Waals surface area contributed by atoms with Crippen molar-refractivity contribution in [2.24, 2.45) is 0 Å². The van der Waals surface area contributed by atoms with Crippen LogP contribution in [-0.4, -0.2) is 55.6 Å². The van der Waals surface area contributed by atoms with Crippen molar-refractivity contribution in [1.29, 1.82) is 0 Å². The monoisotopic (exact) mass is 266 g/mol. The van der Waals surface area contributed by atoms with Gasteiger partial charge in [-0.1, -0.05) is 0 Å². The fraction of sp³-hybridized carbons (Fsp3) is 0.571. The molecule has 2 rings (SSSR count). The van der Waals surface area contributed by atoms with Crippen molar-refractivity contribution in [3.8, 4) is 11.5 Å². The van der Waals surface area contributed by atoms with Gasteiger partial charge in [-0.3, -0.25) is 10.2 Å². The van der Waals surface area contributed by atoms with E-state index in [1.54, 1.807) is 14.0 Å². The number of piperazine rings is 1. The summed E-state index contributed by atoms with van der Waals surface area (Å²) >= 11 is 0. The van der Waals surface area contributed by atoms with E-state index < -0.39 is 0 Å². The van der Waals surface area contributed by atoms with Crippen LogP contribution in [0.4, 0.5) is 0 Å². The number of hydrogen-bond acceptors (Lipinski definition) is 5. The molecule has 106 valence electrons. The molecule has 0 radical (unpaired) electrons. The van der Waals surface area contributed by atoms with Crippen LogP contribution in [0.25, 0.3) is 0 Å². The first-order chi connectivity index (χ1) is 9.17. The van der Waals surface area contributed by atoms with Crippen LogP contribution >= 0.6 is 0 Å². The smallest absolute Gasteiger partial charge is 0.163 e. The van der Waals surface area contributed by atoms with Gasteiger partial charge in [-0.2, -0.15) is 0 Å². The Morgan fingerprint density at radius 2 is 2.05 bits per heavy atom. The lowest BCUT2D eigenvalue weighted by atomic mass is 10.3. The summed E-state index contributed by atoms with van der Waals surface area (Å²) in [6.07, 6.45) is -0.347. The Bertz CT molecular complexity index is 381. The Morgan fingerprint density at radius 1 is 1.37 bits per heavy atom. The van der Waals surface area contributed by atoms with Gasteiger partial charge in [-0.15, -0.1) is 0 Å². The van der Waals surface area contributed by atoms with Gasteiger partial charge in [0.1, 0.15) is 11.5 Å². The van der Waals surface area contributed by atoms with Crippen LogP contribution in [-0.2, 0) is 0 Å². The van der Waals surface area contributed by atoms with Crippen LogP contribution in [0, 0.1) is 0 Å². The molecule has 1 fully saturated rings. The van der Waals surface area contributed by atoms with Gasteiger partial charge in [0, 0.05) is 26.2 Å². The Hall–Kier alpha value is -1.30. The molecule has 19 heavy (non-hydrogen) atoms. The van der Waals surface area contributed by atoms with Crippen molar-refractivity contribution >= 4 is 0 Å². The molecule has 0 saturated carbocycles. The third kappa shape index (κ3) is 4.38. The second-order valence-corrected chi connectivity index (χ2v) is 4.84. The van der Waals surface area contributed by atoms with Gasteiger partial charge in [0.05, 0.1) is 13.2 Å². The van der Waals surface area contributed by atoms with Gasteiger partial charge in [-0.25, -0.2) is 0 Å². The Morgan fingerprint density at radius 3 is 2.68 bits per heavy atom. The predicted octanol–water partition coefficient (Wildman–Crippen LogP) is 0.686. The van der Waals surface area contributed by atoms with Crippen LogP contribution in [0.3, 0.4) is 0 Å². The molecule has 1 aromatic rings. The molecule has 1 aliphatic heterocycles. The molecular formula is C14H22N2O3. The lowest BCUT2D eigenvalue weighted by Gasteiger charge is -2.34. The molecule has 0 amide bonds. The molecule has 1 heterocycles. The highest BCUT2D eigenvalue weighted by Gasteiger charge is 2.21. The number of ether oxygens (including phenoxy) is 2. The lowest BCUT2D eigenvalue weighted by Crippen LogP contribution is -2.54. The zero-order valence-corrected chi connectivity index (χ0v) is 11.5. The summed E-state index contributed by atoms with van der Waals surface area (Å²) in [6.45, 7) is 5.07. The summed E-state index contributed by atoms with van der Waals surface area (Å²) in [6, 6.07) is 7.56. The molecular weight excluding hydrogens is 244 g/mol. The fourth-order valence-corrected chi connectivity index (χ4v) is 2.21. The maximum absolute atomic E-state index is 9.42. The second-order valence-electron chi connectivity index (χ2n) is 4.84. The van der Waals surface area contributed by atoms with Gasteiger partial charge in [-0.05, 0) is 31.2 Å². The van der Waals surface area contributed by atoms with E-state index in [1.165, 1.54) is 0 Å². The summed E-state index contributed by atoms with van der Waals surface area (Å²) in [5, 5.41) is 12.7. The first-order valence-corrected chi connectivity index (χ1v) is 6.62. The number of nitrogens with zero attached hydrogens (tertiary/aromatic N) is 1. The molecule has 0 aromatic heterocycles. The van der Waals surface area contributed by atoms with E-state index in [0.29, 0.717) is 6.54 Å². The lowest BCUT2D eigenvalue weighted by molar-refractivity contribution is 0.0462. The quantitative estimate of drug-likeness (QED) is 0.821. The van der Waals surface area contributed by atoms with Crippen LogP contribution in [0.5, 0.6) is 11.5 Å². The molecule has 1 saturated heterocycles. The molecule has 2 atom stereocenters. The summed E-state index contributed by atoms with van der Waals surface area (Å²) < 4.78 is 11.0. The number of benzene rings is 1. The largest absolute Gasteiger partial charge is 0.497 e. The molecule has 2 unspecified atom stereocenters. The van der Waals surface area contributed by atoms with E-state index >= 15 is 0 Å². The van der Waals surface area contributed by atoms with Crippen LogP contribution in [0.1, 0.15) is 6.92 Å². The molecule has 0 spiro atoms. The number of β-amino-alcohol motifs (C(OH)–C–C–N with tert-alkyl or cyclic N) is 1. The van der Waals surface area contributed by atoms with Gasteiger partial charge < -0.3 is 14.6 Å². The summed E-state index contributed by atoms with van der Waals surface area (Å²) in [7, 11) is 1.65. The highest BCUT2D eigenvalue weighted by atomic mass is 16.5. The van der Waals surface area contributed by atoms with Crippen LogP contribution in [0.15, 0.2) is 24.3 Å². The topological polar surface area (TPSA) is 54.0 Å². The summed E-state index contributed by atoms with van der Waals surface area (Å²) in [5.41, 5.74) is 0. The molecule has 0 bridgehead atoms. The molecule has 1 aromatic carbocycles. The minimum absolute atomic E-state index is 0.0408. The van der Waals surface area contributed by atoms with E-state index in [0.717, 1.165) is 31.1 Å². The average molecular weight is 266 g/mol. The number of aliphatic hydroxyl groups excluding tert-OH is 1. The highest BCUT2D eigenvalue weighted by molar-refractivity contribution is 5.31. The first-order valence-electron chi connectivity index (χ1n) is 6.62. The Balaban J connectivity index is 1.87. The van der Waals surface area contributed by atoms with Crippen molar-refractivity contribution in [1.82, 2.24) is 10.2 Å². The number of methoxy groups -OCH3 is 1. The summed E-state index contributed by atoms with van der Waals surface area (Å²) in [4.78, 5) is 2.20. The average Bonchev–Trinajstić information content (AvgIpc) is 2.39. The van der Waals surface area contributed by atoms with Gasteiger partial charge in [0.25, 0.3) is 0 Å². The maximum atomic E-state index is 9.42. The third-order valence-corrected chi connectivity index (χ3v) is 3.08. The maximum Gasteiger partial charge on any atom is 0.163 e. The van der Waals surface area contributed by atoms with Crippen molar-refractivity contribution in [2.45, 2.75) is 19.3 Å². The fourth-order valence-electron chi connectivity index (χ4n) is 2.21. The molecule has 5 nitrogen and oxygen atoms in total. The normalized spacial score (nSPS) is 21.9. The van der Waals surface area contributed by atoms with Gasteiger partial charge >= 0.3 is 0 Å². The van der Waals surface area contributed by atoms with E-state index in [4.69, 9.17) is 9.47 Å². The molecule has 1 aliphatic rings. The molecule has 0 aliphatic carbocycles. The van der Waals surface area contributed by atoms with Gasteiger partial charge in [0.2, 0.25) is 0 Å². The summed E-state index contributed by atoms with van der Waals surface area (Å²) in [5.74, 6) is 1.64. The van der Waals surface area contributed by atoms with E-state index in [-0.39, 0.29) is 12.3 Å². The second kappa shape index (κ2) is 6.75. The first kappa shape index (κ1) is 14.1. The minimum atomic E-state index is -0.306. The predicted molar refractivity (Wildman–Crippen MR) is 73.5 cm³/mol. The molecule has 5 heteroatoms. The number of nitrogens with one attached hydrogen (secondary N) is 1. The SMILES string of the molecule is COc1ccc(OC2CN(CC(C)O)CCN2)cc1. The van der Waals surface area contributed by atoms with E-state index in [1.807, 2.05) is 24.3 Å². The van der Waals surface area contributed by atoms with Crippen molar-refractivity contribution in [3.05, 3.63) is 24.3 Å². The third-order valence-electron chi connectivity index (χ3n) is 3.08. The number of rotatable bonds is 5. The van der Waals surface area contributed by atoms with E-state index in [9.17, 15) is 5.11 Å². The standard InChI is InChI=1S/C14H22N2O3/c1-11(17)9-16-8-7-15-14(10-16)19-13-5-3-12(18-2)4-6-13/h3-6,11,14-15,17H,7-10H2,1-2H3. The number of hydrogen-bond donors (Lipinski definition) is 2. The zero-order valence-electron chi connectivity index (χ0n) is 11.5.